The number of fused-ring (bicyclic) bond motifs is 2. The first-order valence-electron chi connectivity index (χ1n) is 8.90. The van der Waals surface area contributed by atoms with Crippen molar-refractivity contribution < 1.29 is 4.74 Å². The molecule has 0 amide bonds. The lowest BCUT2D eigenvalue weighted by Gasteiger charge is -2.08. The highest BCUT2D eigenvalue weighted by atomic mass is 16.5. The summed E-state index contributed by atoms with van der Waals surface area (Å²) in [5, 5.41) is 4.94. The Morgan fingerprint density at radius 2 is 2.00 bits per heavy atom. The van der Waals surface area contributed by atoms with Crippen LogP contribution in [0.2, 0.25) is 0 Å². The van der Waals surface area contributed by atoms with E-state index in [4.69, 9.17) is 9.84 Å². The molecule has 2 aromatic heterocycles. The highest BCUT2D eigenvalue weighted by Gasteiger charge is 2.24. The second-order valence-corrected chi connectivity index (χ2v) is 6.79. The summed E-state index contributed by atoms with van der Waals surface area (Å²) in [5.74, 6) is 0.851. The fourth-order valence-corrected chi connectivity index (χ4v) is 3.89. The Morgan fingerprint density at radius 1 is 1.08 bits per heavy atom. The van der Waals surface area contributed by atoms with Gasteiger partial charge in [-0.3, -0.25) is 4.68 Å². The number of hydrogen-bond donors (Lipinski definition) is 0. The van der Waals surface area contributed by atoms with Crippen LogP contribution in [-0.4, -0.2) is 26.4 Å². The van der Waals surface area contributed by atoms with E-state index in [9.17, 15) is 0 Å². The van der Waals surface area contributed by atoms with Gasteiger partial charge in [0, 0.05) is 30.4 Å². The first-order valence-corrected chi connectivity index (χ1v) is 8.90. The van der Waals surface area contributed by atoms with Crippen molar-refractivity contribution in [1.82, 2.24) is 19.3 Å². The van der Waals surface area contributed by atoms with Crippen LogP contribution in [0.25, 0.3) is 33.4 Å². The van der Waals surface area contributed by atoms with E-state index in [1.54, 1.807) is 7.11 Å². The lowest BCUT2D eigenvalue weighted by atomic mass is 9.97. The van der Waals surface area contributed by atoms with Crippen molar-refractivity contribution in [3.05, 3.63) is 54.5 Å². The maximum Gasteiger partial charge on any atom is 0.119 e. The van der Waals surface area contributed by atoms with Gasteiger partial charge in [-0.25, -0.2) is 4.98 Å². The molecule has 0 atom stereocenters. The Morgan fingerprint density at radius 3 is 2.88 bits per heavy atom. The maximum atomic E-state index is 5.42. The lowest BCUT2D eigenvalue weighted by molar-refractivity contribution is 0.415. The van der Waals surface area contributed by atoms with Crippen molar-refractivity contribution in [2.75, 3.05) is 7.11 Å². The van der Waals surface area contributed by atoms with Gasteiger partial charge < -0.3 is 9.30 Å². The molecule has 0 bridgehead atoms. The van der Waals surface area contributed by atoms with Gasteiger partial charge in [0.05, 0.1) is 24.5 Å². The molecule has 4 aromatic rings. The van der Waals surface area contributed by atoms with E-state index in [0.717, 1.165) is 47.4 Å². The summed E-state index contributed by atoms with van der Waals surface area (Å²) in [6.45, 7) is 0.986. The predicted octanol–water partition coefficient (Wildman–Crippen LogP) is 4.06. The molecule has 0 saturated heterocycles. The molecule has 130 valence electrons. The molecule has 5 nitrogen and oxygen atoms in total. The minimum Gasteiger partial charge on any atom is -0.497 e. The normalized spacial score (nSPS) is 13.3. The molecule has 0 spiro atoms. The monoisotopic (exact) mass is 344 g/mol. The molecule has 0 saturated carbocycles. The largest absolute Gasteiger partial charge is 0.497 e. The Bertz CT molecular complexity index is 1120. The van der Waals surface area contributed by atoms with Gasteiger partial charge in [-0.05, 0) is 42.7 Å². The number of methoxy groups -OCH3 is 1. The summed E-state index contributed by atoms with van der Waals surface area (Å²) in [6.07, 6.45) is 4.08. The summed E-state index contributed by atoms with van der Waals surface area (Å²) in [5.41, 5.74) is 8.02. The molecule has 2 aromatic carbocycles. The number of hydrogen-bond acceptors (Lipinski definition) is 3. The van der Waals surface area contributed by atoms with E-state index in [1.165, 1.54) is 16.8 Å². The Labute approximate surface area is 151 Å². The van der Waals surface area contributed by atoms with Crippen molar-refractivity contribution >= 4 is 11.0 Å². The highest BCUT2D eigenvalue weighted by molar-refractivity contribution is 5.88. The molecule has 0 aliphatic carbocycles. The number of nitrogens with zero attached hydrogens (tertiary/aromatic N) is 4. The topological polar surface area (TPSA) is 44.9 Å². The maximum absolute atomic E-state index is 5.42. The molecule has 0 N–H and O–H groups in total. The van der Waals surface area contributed by atoms with Gasteiger partial charge in [0.15, 0.2) is 0 Å². The lowest BCUT2D eigenvalue weighted by Crippen LogP contribution is -1.94. The average molecular weight is 344 g/mol. The van der Waals surface area contributed by atoms with Gasteiger partial charge >= 0.3 is 0 Å². The average Bonchev–Trinajstić information content (AvgIpc) is 3.36. The zero-order valence-electron chi connectivity index (χ0n) is 14.9. The third-order valence-corrected chi connectivity index (χ3v) is 5.20. The van der Waals surface area contributed by atoms with Gasteiger partial charge in [0.1, 0.15) is 11.4 Å². The summed E-state index contributed by atoms with van der Waals surface area (Å²) >= 11 is 0. The van der Waals surface area contributed by atoms with Crippen molar-refractivity contribution in [3.8, 4) is 28.1 Å². The Hall–Kier alpha value is -3.08. The van der Waals surface area contributed by atoms with Crippen molar-refractivity contribution in [1.29, 1.82) is 0 Å². The minimum atomic E-state index is 0.851. The van der Waals surface area contributed by atoms with Crippen LogP contribution in [0.5, 0.6) is 5.75 Å². The molecule has 1 aliphatic rings. The molecule has 0 fully saturated rings. The van der Waals surface area contributed by atoms with Gasteiger partial charge in [-0.2, -0.15) is 5.10 Å². The Balaban J connectivity index is 1.75. The zero-order valence-corrected chi connectivity index (χ0v) is 14.9. The van der Waals surface area contributed by atoms with E-state index in [1.807, 2.05) is 25.5 Å². The molecular formula is C21H20N4O. The fourth-order valence-electron chi connectivity index (χ4n) is 3.89. The molecule has 0 unspecified atom stereocenters. The quantitative estimate of drug-likeness (QED) is 0.563. The number of imidazole rings is 1. The molecule has 0 radical (unpaired) electrons. The van der Waals surface area contributed by atoms with Gasteiger partial charge in [-0.1, -0.05) is 18.2 Å². The summed E-state index contributed by atoms with van der Waals surface area (Å²) in [7, 11) is 3.73. The molecule has 1 aliphatic heterocycles. The fraction of sp³-hybridized carbons (Fsp3) is 0.238. The number of aromatic nitrogens is 4. The van der Waals surface area contributed by atoms with Crippen LogP contribution < -0.4 is 4.74 Å². The van der Waals surface area contributed by atoms with Crippen LogP contribution in [0.3, 0.4) is 0 Å². The zero-order chi connectivity index (χ0) is 17.7. The highest BCUT2D eigenvalue weighted by Crippen LogP contribution is 2.39. The van der Waals surface area contributed by atoms with Crippen LogP contribution in [0, 0.1) is 0 Å². The second-order valence-electron chi connectivity index (χ2n) is 6.79. The van der Waals surface area contributed by atoms with Crippen LogP contribution in [0.1, 0.15) is 12.1 Å². The molecule has 5 heteroatoms. The molecule has 5 rings (SSSR count). The number of aryl methyl sites for hydroxylation is 2. The summed E-state index contributed by atoms with van der Waals surface area (Å²) < 4.78 is 9.64. The van der Waals surface area contributed by atoms with Crippen LogP contribution >= 0.6 is 0 Å². The molecular weight excluding hydrogens is 324 g/mol. The Kier molecular flexibility index (Phi) is 3.35. The smallest absolute Gasteiger partial charge is 0.119 e. The minimum absolute atomic E-state index is 0.851. The van der Waals surface area contributed by atoms with Crippen LogP contribution in [0.4, 0.5) is 0 Å². The number of benzene rings is 2. The van der Waals surface area contributed by atoms with Crippen LogP contribution in [0.15, 0.2) is 48.8 Å². The second kappa shape index (κ2) is 5.73. The van der Waals surface area contributed by atoms with Gasteiger partial charge in [0.25, 0.3) is 0 Å². The first-order chi connectivity index (χ1) is 12.7. The van der Waals surface area contributed by atoms with E-state index < -0.39 is 0 Å². The van der Waals surface area contributed by atoms with E-state index in [-0.39, 0.29) is 0 Å². The van der Waals surface area contributed by atoms with Crippen LogP contribution in [-0.2, 0) is 20.0 Å². The standard InChI is InChI=1S/C21H20N4O/c1-24-13-22-17-9-8-14(12-19(17)24)20-18-7-4-10-25(18)23-21(20)15-5-3-6-16(11-15)26-2/h3,5-6,8-9,11-13H,4,7,10H2,1-2H3. The van der Waals surface area contributed by atoms with E-state index in [2.05, 4.69) is 44.6 Å². The molecule has 26 heavy (non-hydrogen) atoms. The van der Waals surface area contributed by atoms with Crippen molar-refractivity contribution in [3.63, 3.8) is 0 Å². The predicted molar refractivity (Wildman–Crippen MR) is 102 cm³/mol. The van der Waals surface area contributed by atoms with Crippen molar-refractivity contribution in [2.45, 2.75) is 19.4 Å². The third-order valence-electron chi connectivity index (χ3n) is 5.20. The van der Waals surface area contributed by atoms with Gasteiger partial charge in [0.2, 0.25) is 0 Å². The third kappa shape index (κ3) is 2.24. The molecule has 3 heterocycles. The summed E-state index contributed by atoms with van der Waals surface area (Å²) in [4.78, 5) is 4.44. The van der Waals surface area contributed by atoms with Crippen molar-refractivity contribution in [2.24, 2.45) is 7.05 Å². The number of ether oxygens (including phenoxy) is 1. The van der Waals surface area contributed by atoms with E-state index >= 15 is 0 Å². The number of rotatable bonds is 3. The first kappa shape index (κ1) is 15.2. The SMILES string of the molecule is COc1cccc(-c2nn3c(c2-c2ccc4ncn(C)c4c2)CCC3)c1. The summed E-state index contributed by atoms with van der Waals surface area (Å²) in [6, 6.07) is 14.6. The van der Waals surface area contributed by atoms with Gasteiger partial charge in [-0.15, -0.1) is 0 Å². The van der Waals surface area contributed by atoms with E-state index in [0.29, 0.717) is 0 Å².